The lowest BCUT2D eigenvalue weighted by atomic mass is 10.0. The molecule has 128 valence electrons. The van der Waals surface area contributed by atoms with Gasteiger partial charge in [-0.15, -0.1) is 0 Å². The maximum absolute atomic E-state index is 6.27. The van der Waals surface area contributed by atoms with Crippen LogP contribution in [0.5, 0.6) is 0 Å². The molecule has 2 aromatic carbocycles. The van der Waals surface area contributed by atoms with Crippen molar-refractivity contribution in [2.24, 2.45) is 0 Å². The Kier molecular flexibility index (Phi) is 6.67. The molecule has 1 aliphatic rings. The fourth-order valence-electron chi connectivity index (χ4n) is 3.04. The van der Waals surface area contributed by atoms with Crippen LogP contribution in [0, 0.1) is 0 Å². The molecule has 0 saturated carbocycles. The highest BCUT2D eigenvalue weighted by Crippen LogP contribution is 2.24. The topological polar surface area (TPSA) is 24.5 Å². The molecule has 1 N–H and O–H groups in total. The maximum Gasteiger partial charge on any atom is 0.0865 e. The first-order valence-electron chi connectivity index (χ1n) is 8.65. The van der Waals surface area contributed by atoms with Gasteiger partial charge in [0.25, 0.3) is 0 Å². The third kappa shape index (κ3) is 5.32. The van der Waals surface area contributed by atoms with Crippen LogP contribution in [0.25, 0.3) is 0 Å². The summed E-state index contributed by atoms with van der Waals surface area (Å²) >= 11 is 6.03. The van der Waals surface area contributed by atoms with E-state index in [-0.39, 0.29) is 6.10 Å². The van der Waals surface area contributed by atoms with Crippen molar-refractivity contribution >= 4 is 11.6 Å². The minimum absolute atomic E-state index is 0.0626. The van der Waals surface area contributed by atoms with Crippen LogP contribution in [-0.2, 0) is 11.2 Å². The number of halogens is 1. The van der Waals surface area contributed by atoms with Crippen LogP contribution in [0.3, 0.4) is 0 Å². The summed E-state index contributed by atoms with van der Waals surface area (Å²) in [5.41, 5.74) is 2.48. The molecule has 1 atom stereocenters. The molecule has 1 saturated heterocycles. The second-order valence-corrected chi connectivity index (χ2v) is 6.63. The van der Waals surface area contributed by atoms with Gasteiger partial charge in [-0.1, -0.05) is 54.1 Å². The van der Waals surface area contributed by atoms with E-state index in [1.807, 2.05) is 18.2 Å². The molecule has 0 aromatic heterocycles. The summed E-state index contributed by atoms with van der Waals surface area (Å²) in [6.45, 7) is 6.09. The predicted molar refractivity (Wildman–Crippen MR) is 99.6 cm³/mol. The minimum Gasteiger partial charge on any atom is -0.372 e. The smallest absolute Gasteiger partial charge is 0.0865 e. The van der Waals surface area contributed by atoms with Crippen molar-refractivity contribution in [1.82, 2.24) is 10.2 Å². The Morgan fingerprint density at radius 2 is 1.71 bits per heavy atom. The third-order valence-corrected chi connectivity index (χ3v) is 4.69. The van der Waals surface area contributed by atoms with Gasteiger partial charge in [-0.25, -0.2) is 0 Å². The normalized spacial score (nSPS) is 16.9. The Bertz CT molecular complexity index is 597. The second kappa shape index (κ2) is 9.19. The van der Waals surface area contributed by atoms with Gasteiger partial charge in [-0.3, -0.25) is 4.90 Å². The fourth-order valence-corrected chi connectivity index (χ4v) is 3.16. The van der Waals surface area contributed by atoms with Crippen molar-refractivity contribution in [3.63, 3.8) is 0 Å². The quantitative estimate of drug-likeness (QED) is 0.831. The van der Waals surface area contributed by atoms with E-state index in [9.17, 15) is 0 Å². The first kappa shape index (κ1) is 17.4. The molecule has 1 fully saturated rings. The lowest BCUT2D eigenvalue weighted by Gasteiger charge is -2.28. The Morgan fingerprint density at radius 1 is 1.00 bits per heavy atom. The van der Waals surface area contributed by atoms with Gasteiger partial charge in [0.1, 0.15) is 0 Å². The average molecular weight is 345 g/mol. The molecule has 24 heavy (non-hydrogen) atoms. The van der Waals surface area contributed by atoms with Crippen LogP contribution in [0.2, 0.25) is 5.02 Å². The van der Waals surface area contributed by atoms with Gasteiger partial charge in [-0.2, -0.15) is 0 Å². The van der Waals surface area contributed by atoms with Crippen LogP contribution in [0.1, 0.15) is 17.2 Å². The molecule has 3 rings (SSSR count). The number of nitrogens with zero attached hydrogens (tertiary/aromatic N) is 1. The first-order valence-corrected chi connectivity index (χ1v) is 9.03. The Morgan fingerprint density at radius 3 is 2.42 bits per heavy atom. The number of hydrogen-bond donors (Lipinski definition) is 1. The van der Waals surface area contributed by atoms with Crippen molar-refractivity contribution in [3.8, 4) is 0 Å². The molecule has 0 aliphatic carbocycles. The number of nitrogens with one attached hydrogen (secondary N) is 1. The molecule has 0 radical (unpaired) electrons. The second-order valence-electron chi connectivity index (χ2n) is 6.19. The van der Waals surface area contributed by atoms with Crippen molar-refractivity contribution in [1.29, 1.82) is 0 Å². The minimum atomic E-state index is 0.0626. The zero-order chi connectivity index (χ0) is 16.6. The highest BCUT2D eigenvalue weighted by atomic mass is 35.5. The molecule has 3 nitrogen and oxygen atoms in total. The van der Waals surface area contributed by atoms with Crippen LogP contribution in [0.4, 0.5) is 0 Å². The van der Waals surface area contributed by atoms with Crippen molar-refractivity contribution in [2.45, 2.75) is 12.5 Å². The number of rotatable bonds is 7. The largest absolute Gasteiger partial charge is 0.372 e. The fraction of sp³-hybridized carbons (Fsp3) is 0.400. The Labute approximate surface area is 149 Å². The maximum atomic E-state index is 6.27. The van der Waals surface area contributed by atoms with Crippen LogP contribution in [-0.4, -0.2) is 44.2 Å². The van der Waals surface area contributed by atoms with Crippen LogP contribution >= 0.6 is 11.6 Å². The highest BCUT2D eigenvalue weighted by molar-refractivity contribution is 6.30. The Balaban J connectivity index is 1.61. The summed E-state index contributed by atoms with van der Waals surface area (Å²) in [7, 11) is 0. The SMILES string of the molecule is Clc1ccc(C(Cc2ccccc2)OCCN2CCNCC2)cc1. The van der Waals surface area contributed by atoms with Gasteiger partial charge in [0.05, 0.1) is 12.7 Å². The van der Waals surface area contributed by atoms with Gasteiger partial charge in [0, 0.05) is 44.2 Å². The molecule has 4 heteroatoms. The van der Waals surface area contributed by atoms with Gasteiger partial charge in [0.2, 0.25) is 0 Å². The van der Waals surface area contributed by atoms with Gasteiger partial charge in [0.15, 0.2) is 0 Å². The van der Waals surface area contributed by atoms with E-state index < -0.39 is 0 Å². The lowest BCUT2D eigenvalue weighted by Crippen LogP contribution is -2.44. The summed E-state index contributed by atoms with van der Waals surface area (Å²) in [6.07, 6.45) is 0.942. The van der Waals surface area contributed by atoms with Crippen molar-refractivity contribution in [3.05, 3.63) is 70.7 Å². The van der Waals surface area contributed by atoms with E-state index in [0.29, 0.717) is 0 Å². The van der Waals surface area contributed by atoms with E-state index in [1.165, 1.54) is 11.1 Å². The zero-order valence-corrected chi connectivity index (χ0v) is 14.7. The standard InChI is InChI=1S/C20H25ClN2O/c21-19-8-6-18(7-9-19)20(16-17-4-2-1-3-5-17)24-15-14-23-12-10-22-11-13-23/h1-9,20,22H,10-16H2. The number of benzene rings is 2. The van der Waals surface area contributed by atoms with Gasteiger partial charge in [-0.05, 0) is 23.3 Å². The van der Waals surface area contributed by atoms with Gasteiger partial charge < -0.3 is 10.1 Å². The number of ether oxygens (including phenoxy) is 1. The molecular formula is C20H25ClN2O. The molecule has 1 heterocycles. The molecule has 1 unspecified atom stereocenters. The lowest BCUT2D eigenvalue weighted by molar-refractivity contribution is 0.0349. The van der Waals surface area contributed by atoms with E-state index >= 15 is 0 Å². The van der Waals surface area contributed by atoms with E-state index in [4.69, 9.17) is 16.3 Å². The molecular weight excluding hydrogens is 320 g/mol. The molecule has 2 aromatic rings. The van der Waals surface area contributed by atoms with E-state index in [1.54, 1.807) is 0 Å². The molecule has 1 aliphatic heterocycles. The first-order chi connectivity index (χ1) is 11.8. The predicted octanol–water partition coefficient (Wildman–Crippen LogP) is 3.55. The van der Waals surface area contributed by atoms with Gasteiger partial charge >= 0.3 is 0 Å². The molecule has 0 bridgehead atoms. The average Bonchev–Trinajstić information content (AvgIpc) is 2.63. The number of piperazine rings is 1. The highest BCUT2D eigenvalue weighted by Gasteiger charge is 2.15. The summed E-state index contributed by atoms with van der Waals surface area (Å²) in [4.78, 5) is 2.46. The number of hydrogen-bond acceptors (Lipinski definition) is 3. The summed E-state index contributed by atoms with van der Waals surface area (Å²) in [5.74, 6) is 0. The van der Waals surface area contributed by atoms with E-state index in [2.05, 4.69) is 46.6 Å². The monoisotopic (exact) mass is 344 g/mol. The van der Waals surface area contributed by atoms with Crippen LogP contribution in [0.15, 0.2) is 54.6 Å². The summed E-state index contributed by atoms with van der Waals surface area (Å²) in [6, 6.07) is 18.5. The summed E-state index contributed by atoms with van der Waals surface area (Å²) in [5, 5.41) is 4.14. The summed E-state index contributed by atoms with van der Waals surface area (Å²) < 4.78 is 6.27. The van der Waals surface area contributed by atoms with Crippen LogP contribution < -0.4 is 5.32 Å². The van der Waals surface area contributed by atoms with Crippen molar-refractivity contribution in [2.75, 3.05) is 39.3 Å². The van der Waals surface area contributed by atoms with Crippen molar-refractivity contribution < 1.29 is 4.74 Å². The Hall–Kier alpha value is -1.39. The molecule has 0 spiro atoms. The third-order valence-electron chi connectivity index (χ3n) is 4.44. The zero-order valence-electron chi connectivity index (χ0n) is 14.0. The molecule has 0 amide bonds. The van der Waals surface area contributed by atoms with E-state index in [0.717, 1.165) is 50.8 Å².